The lowest BCUT2D eigenvalue weighted by Crippen LogP contribution is -2.38. The smallest absolute Gasteiger partial charge is 0.253 e. The van der Waals surface area contributed by atoms with Crippen molar-refractivity contribution in [3.63, 3.8) is 0 Å². The van der Waals surface area contributed by atoms with E-state index in [4.69, 9.17) is 26.1 Å². The zero-order chi connectivity index (χ0) is 42.6. The summed E-state index contributed by atoms with van der Waals surface area (Å²) in [5.74, 6) is 2.21. The number of rotatable bonds is 12. The van der Waals surface area contributed by atoms with Crippen LogP contribution in [0.5, 0.6) is 11.5 Å². The van der Waals surface area contributed by atoms with Crippen molar-refractivity contribution < 1.29 is 34.1 Å². The molecule has 0 spiro atoms. The van der Waals surface area contributed by atoms with Gasteiger partial charge < -0.3 is 34.8 Å². The van der Waals surface area contributed by atoms with E-state index in [2.05, 4.69) is 27.6 Å². The first kappa shape index (κ1) is 41.6. The molecule has 14 nitrogen and oxygen atoms in total. The van der Waals surface area contributed by atoms with Gasteiger partial charge in [0.25, 0.3) is 5.91 Å². The molecule has 1 aromatic heterocycles. The van der Waals surface area contributed by atoms with Crippen LogP contribution in [0.1, 0.15) is 81.9 Å². The predicted octanol–water partition coefficient (Wildman–Crippen LogP) is 5.19. The molecule has 2 saturated heterocycles. The summed E-state index contributed by atoms with van der Waals surface area (Å²) in [6.07, 6.45) is -0.122. The van der Waals surface area contributed by atoms with Crippen molar-refractivity contribution in [2.24, 2.45) is 4.99 Å². The van der Waals surface area contributed by atoms with Gasteiger partial charge in [-0.3, -0.25) is 23.9 Å². The molecule has 3 N–H and O–H groups in total. The number of amides is 3. The molecular weight excluding hydrogens is 798 g/mol. The van der Waals surface area contributed by atoms with Gasteiger partial charge in [-0.05, 0) is 85.3 Å². The number of likely N-dealkylation sites (tertiary alicyclic amines) is 2. The van der Waals surface area contributed by atoms with Crippen molar-refractivity contribution in [3.8, 4) is 17.2 Å². The first-order valence-electron chi connectivity index (χ1n) is 20.5. The number of hydrogen-bond donors (Lipinski definition) is 3. The van der Waals surface area contributed by atoms with Crippen LogP contribution in [-0.4, -0.2) is 110 Å². The number of β-amino-alcohol motifs (C(OH)–C–C–N with tert-alkyl or cyclic N) is 2. The molecule has 3 aliphatic heterocycles. The Kier molecular flexibility index (Phi) is 12.5. The number of nitrogens with one attached hydrogen (secondary N) is 1. The minimum absolute atomic E-state index is 0.0531. The van der Waals surface area contributed by atoms with E-state index in [-0.39, 0.29) is 56.2 Å². The Morgan fingerprint density at radius 1 is 0.869 bits per heavy atom. The van der Waals surface area contributed by atoms with Gasteiger partial charge in [0.2, 0.25) is 11.8 Å². The van der Waals surface area contributed by atoms with Crippen molar-refractivity contribution in [1.29, 1.82) is 0 Å². The second-order valence-corrected chi connectivity index (χ2v) is 16.1. The Balaban J connectivity index is 0.872. The Morgan fingerprint density at radius 2 is 1.62 bits per heavy atom. The number of aromatic nitrogens is 3. The topological polar surface area (TPSA) is 172 Å². The molecule has 8 rings (SSSR count). The van der Waals surface area contributed by atoms with Gasteiger partial charge in [-0.25, -0.2) is 0 Å². The summed E-state index contributed by atoms with van der Waals surface area (Å²) in [6, 6.07) is 27.8. The third-order valence-corrected chi connectivity index (χ3v) is 11.9. The molecule has 316 valence electrons. The minimum Gasteiger partial charge on any atom is -0.497 e. The lowest BCUT2D eigenvalue weighted by Gasteiger charge is -2.32. The molecule has 0 unspecified atom stereocenters. The zero-order valence-electron chi connectivity index (χ0n) is 34.0. The van der Waals surface area contributed by atoms with Crippen LogP contribution < -0.4 is 14.8 Å². The summed E-state index contributed by atoms with van der Waals surface area (Å²) < 4.78 is 13.3. The lowest BCUT2D eigenvalue weighted by atomic mass is 9.88. The number of aliphatic hydroxyl groups excluding tert-OH is 2. The van der Waals surface area contributed by atoms with Gasteiger partial charge in [-0.15, -0.1) is 10.2 Å². The Morgan fingerprint density at radius 3 is 2.38 bits per heavy atom. The van der Waals surface area contributed by atoms with Gasteiger partial charge in [0.15, 0.2) is 5.82 Å². The summed E-state index contributed by atoms with van der Waals surface area (Å²) in [7, 11) is 1.62. The molecule has 3 amide bonds. The van der Waals surface area contributed by atoms with Crippen LogP contribution in [0.2, 0.25) is 5.02 Å². The summed E-state index contributed by atoms with van der Waals surface area (Å²) in [4.78, 5) is 48.1. The van der Waals surface area contributed by atoms with Crippen molar-refractivity contribution in [2.45, 2.75) is 63.3 Å². The van der Waals surface area contributed by atoms with E-state index < -0.39 is 18.2 Å². The van der Waals surface area contributed by atoms with E-state index in [1.54, 1.807) is 31.4 Å². The monoisotopic (exact) mass is 845 g/mol. The zero-order valence-corrected chi connectivity index (χ0v) is 34.8. The van der Waals surface area contributed by atoms with Crippen molar-refractivity contribution in [1.82, 2.24) is 29.9 Å². The highest BCUT2D eigenvalue weighted by molar-refractivity contribution is 6.30. The second kappa shape index (κ2) is 18.3. The summed E-state index contributed by atoms with van der Waals surface area (Å²) in [6.45, 7) is 3.74. The highest BCUT2D eigenvalue weighted by atomic mass is 35.5. The van der Waals surface area contributed by atoms with Crippen LogP contribution in [0.25, 0.3) is 5.69 Å². The van der Waals surface area contributed by atoms with E-state index in [1.807, 2.05) is 71.0 Å². The van der Waals surface area contributed by atoms with Crippen molar-refractivity contribution >= 4 is 35.0 Å². The molecule has 4 heterocycles. The number of carbonyl (C=O) groups is 3. The van der Waals surface area contributed by atoms with Crippen LogP contribution in [0.3, 0.4) is 0 Å². The lowest BCUT2D eigenvalue weighted by molar-refractivity contribution is -0.131. The number of aliphatic imine (C=N–C) groups is 1. The number of ether oxygens (including phenoxy) is 2. The fourth-order valence-corrected chi connectivity index (χ4v) is 8.41. The number of hydrogen-bond acceptors (Lipinski definition) is 10. The second-order valence-electron chi connectivity index (χ2n) is 15.7. The summed E-state index contributed by atoms with van der Waals surface area (Å²) in [5, 5.41) is 32.1. The van der Waals surface area contributed by atoms with Gasteiger partial charge in [0, 0.05) is 54.4 Å². The molecule has 5 aromatic rings. The van der Waals surface area contributed by atoms with Gasteiger partial charge in [0.05, 0.1) is 50.2 Å². The maximum atomic E-state index is 13.7. The molecule has 3 atom stereocenters. The number of fused-ring (bicyclic) bond motifs is 3. The van der Waals surface area contributed by atoms with Crippen molar-refractivity contribution in [2.75, 3.05) is 39.9 Å². The molecule has 0 bridgehead atoms. The van der Waals surface area contributed by atoms with E-state index in [9.17, 15) is 24.6 Å². The maximum Gasteiger partial charge on any atom is 0.253 e. The summed E-state index contributed by atoms with van der Waals surface area (Å²) in [5.41, 5.74) is 5.86. The average Bonchev–Trinajstić information content (AvgIpc) is 3.80. The SMILES string of the molecule is COc1ccc2c(c1)C(c1ccc(Cl)cc1)=N[C@@H](CC(=O)NCc1cccc(C3CCN(C(=O)c4cccc(OCCC(=O)N5C[C@@H](O)[C@@H](O)C5)c4)CC3)c1)c1nnc(C)n1-2. The van der Waals surface area contributed by atoms with Crippen LogP contribution in [0.15, 0.2) is 96.0 Å². The summed E-state index contributed by atoms with van der Waals surface area (Å²) >= 11 is 6.25. The number of aliphatic hydroxyl groups is 2. The number of carbonyl (C=O) groups excluding carboxylic acids is 3. The molecule has 2 fully saturated rings. The number of halogens is 1. The number of methoxy groups -OCH3 is 1. The van der Waals surface area contributed by atoms with Crippen LogP contribution >= 0.6 is 11.6 Å². The first-order valence-corrected chi connectivity index (χ1v) is 20.9. The third kappa shape index (κ3) is 9.31. The Bertz CT molecular complexity index is 2440. The maximum absolute atomic E-state index is 13.7. The average molecular weight is 846 g/mol. The van der Waals surface area contributed by atoms with Crippen LogP contribution in [0, 0.1) is 6.92 Å². The molecule has 4 aromatic carbocycles. The number of aryl methyl sites for hydroxylation is 1. The Labute approximate surface area is 358 Å². The molecule has 3 aliphatic rings. The molecule has 0 aliphatic carbocycles. The first-order chi connectivity index (χ1) is 29.5. The molecule has 0 saturated carbocycles. The quantitative estimate of drug-likeness (QED) is 0.153. The highest BCUT2D eigenvalue weighted by Gasteiger charge is 2.33. The van der Waals surface area contributed by atoms with Gasteiger partial charge in [-0.1, -0.05) is 54.1 Å². The van der Waals surface area contributed by atoms with E-state index in [1.165, 1.54) is 10.5 Å². The van der Waals surface area contributed by atoms with Crippen LogP contribution in [-0.2, 0) is 16.1 Å². The fourth-order valence-electron chi connectivity index (χ4n) is 8.29. The minimum atomic E-state index is -0.930. The van der Waals surface area contributed by atoms with Gasteiger partial charge >= 0.3 is 0 Å². The standard InChI is InChI=1S/C46H48ClN7O7/c1-28-50-51-45-38(49-44(31-9-11-34(47)12-10-31)37-23-35(60-2)13-14-39(37)54(28)45)24-42(57)48-25-29-5-3-6-32(21-29)30-15-18-52(19-16-30)46(59)33-7-4-8-36(22-33)61-20-17-43(58)53-26-40(55)41(56)27-53/h3-14,21-23,30,38,40-41,55-56H,15-20,24-27H2,1-2H3,(H,48,57)/t38-,40-,41+/m0/s1. The number of piperidine rings is 1. The molecular formula is C46H48ClN7O7. The largest absolute Gasteiger partial charge is 0.497 e. The van der Waals surface area contributed by atoms with Gasteiger partial charge in [-0.2, -0.15) is 0 Å². The number of nitrogens with zero attached hydrogens (tertiary/aromatic N) is 6. The third-order valence-electron chi connectivity index (χ3n) is 11.6. The molecule has 61 heavy (non-hydrogen) atoms. The highest BCUT2D eigenvalue weighted by Crippen LogP contribution is 2.35. The predicted molar refractivity (Wildman–Crippen MR) is 228 cm³/mol. The molecule has 15 heteroatoms. The Hall–Kier alpha value is -6.09. The van der Waals surface area contributed by atoms with E-state index in [0.29, 0.717) is 59.1 Å². The van der Waals surface area contributed by atoms with E-state index >= 15 is 0 Å². The normalized spacial score (nSPS) is 18.8. The fraction of sp³-hybridized carbons (Fsp3) is 0.348. The van der Waals surface area contributed by atoms with Crippen molar-refractivity contribution in [3.05, 3.63) is 135 Å². The molecule has 0 radical (unpaired) electrons. The van der Waals surface area contributed by atoms with Gasteiger partial charge in [0.1, 0.15) is 23.4 Å². The number of benzene rings is 4. The van der Waals surface area contributed by atoms with E-state index in [0.717, 1.165) is 35.2 Å². The van der Waals surface area contributed by atoms with Crippen LogP contribution in [0.4, 0.5) is 0 Å².